The van der Waals surface area contributed by atoms with E-state index in [1.54, 1.807) is 6.92 Å². The van der Waals surface area contributed by atoms with Crippen molar-refractivity contribution in [3.63, 3.8) is 0 Å². The molecule has 0 saturated heterocycles. The molecule has 0 aliphatic rings. The lowest BCUT2D eigenvalue weighted by Crippen LogP contribution is -2.04. The van der Waals surface area contributed by atoms with E-state index in [-0.39, 0.29) is 0 Å². The first-order valence-corrected chi connectivity index (χ1v) is 2.17. The quantitative estimate of drug-likeness (QED) is 0.508. The molecule has 0 spiro atoms. The first kappa shape index (κ1) is 6.53. The van der Waals surface area contributed by atoms with E-state index in [1.807, 2.05) is 0 Å². The van der Waals surface area contributed by atoms with Gasteiger partial charge in [0.1, 0.15) is 0 Å². The largest absolute Gasteiger partial charge is 0.482 e. The van der Waals surface area contributed by atoms with E-state index in [1.165, 1.54) is 0 Å². The summed E-state index contributed by atoms with van der Waals surface area (Å²) >= 11 is 0. The molecule has 0 aromatic heterocycles. The molecule has 7 heavy (non-hydrogen) atoms. The smallest absolute Gasteiger partial charge is 0.297 e. The van der Waals surface area contributed by atoms with Crippen LogP contribution in [-0.2, 0) is 4.79 Å². The zero-order chi connectivity index (χ0) is 5.86. The fourth-order valence-corrected chi connectivity index (χ4v) is 0.175. The number of hydrogen-bond donors (Lipinski definition) is 1. The summed E-state index contributed by atoms with van der Waals surface area (Å²) in [6, 6.07) is 0. The molecular weight excluding hydrogens is 90.9 g/mol. The fraction of sp³-hybridized carbons (Fsp3) is 0.750. The minimum Gasteiger partial charge on any atom is -0.482 e. The highest BCUT2D eigenvalue weighted by molar-refractivity contribution is 6.22. The normalized spacial score (nSPS) is 13.3. The molecule has 0 rings (SSSR count). The van der Waals surface area contributed by atoms with Gasteiger partial charge in [-0.1, -0.05) is 13.3 Å². The number of carboxylic acid groups (broad SMARTS) is 1. The second kappa shape index (κ2) is 2.67. The SMILES string of the molecule is [B][C@H](CC)C(=O)O. The summed E-state index contributed by atoms with van der Waals surface area (Å²) < 4.78 is 0. The van der Waals surface area contributed by atoms with Crippen molar-refractivity contribution in [2.24, 2.45) is 0 Å². The summed E-state index contributed by atoms with van der Waals surface area (Å²) in [5, 5.41) is 8.06. The van der Waals surface area contributed by atoms with Gasteiger partial charge in [-0.15, -0.1) is 0 Å². The average molecular weight is 97.9 g/mol. The molecule has 0 aliphatic carbocycles. The first-order chi connectivity index (χ1) is 3.18. The van der Waals surface area contributed by atoms with Crippen LogP contribution in [0.5, 0.6) is 0 Å². The van der Waals surface area contributed by atoms with Crippen LogP contribution in [0.2, 0.25) is 5.82 Å². The molecule has 1 N–H and O–H groups in total. The highest BCUT2D eigenvalue weighted by Crippen LogP contribution is 2.01. The van der Waals surface area contributed by atoms with E-state index >= 15 is 0 Å². The standard InChI is InChI=1S/C4H7BO2/c1-2-3(5)4(6)7/h3H,2H2,1H3,(H,6,7)/t3-/m1/s1. The van der Waals surface area contributed by atoms with Crippen molar-refractivity contribution >= 4 is 13.8 Å². The van der Waals surface area contributed by atoms with E-state index in [9.17, 15) is 4.79 Å². The van der Waals surface area contributed by atoms with E-state index in [2.05, 4.69) is 0 Å². The van der Waals surface area contributed by atoms with Crippen molar-refractivity contribution in [3.05, 3.63) is 0 Å². The summed E-state index contributed by atoms with van der Waals surface area (Å²) in [7, 11) is 5.02. The fourth-order valence-electron chi connectivity index (χ4n) is 0.175. The van der Waals surface area contributed by atoms with Crippen LogP contribution in [0.15, 0.2) is 0 Å². The van der Waals surface area contributed by atoms with Gasteiger partial charge >= 0.3 is 0 Å². The first-order valence-electron chi connectivity index (χ1n) is 2.17. The molecule has 0 bridgehead atoms. The van der Waals surface area contributed by atoms with Crippen molar-refractivity contribution in [1.29, 1.82) is 0 Å². The molecule has 38 valence electrons. The van der Waals surface area contributed by atoms with E-state index in [0.717, 1.165) is 0 Å². The Kier molecular flexibility index (Phi) is 2.49. The van der Waals surface area contributed by atoms with Crippen molar-refractivity contribution < 1.29 is 9.90 Å². The van der Waals surface area contributed by atoms with Gasteiger partial charge in [-0.05, 0) is 0 Å². The number of carboxylic acids is 1. The van der Waals surface area contributed by atoms with Crippen LogP contribution in [0.3, 0.4) is 0 Å². The summed E-state index contributed by atoms with van der Waals surface area (Å²) in [4.78, 5) is 9.81. The third-order valence-corrected chi connectivity index (χ3v) is 0.757. The minimum atomic E-state index is -0.928. The molecule has 0 aromatic carbocycles. The molecule has 0 heterocycles. The molecule has 1 atom stereocenters. The second-order valence-corrected chi connectivity index (χ2v) is 1.35. The second-order valence-electron chi connectivity index (χ2n) is 1.35. The highest BCUT2D eigenvalue weighted by Gasteiger charge is 2.04. The maximum Gasteiger partial charge on any atom is 0.297 e. The molecule has 0 aliphatic heterocycles. The van der Waals surface area contributed by atoms with Gasteiger partial charge in [-0.3, -0.25) is 4.79 Å². The van der Waals surface area contributed by atoms with Gasteiger partial charge in [0.2, 0.25) is 0 Å². The molecule has 0 amide bonds. The zero-order valence-corrected chi connectivity index (χ0v) is 4.22. The van der Waals surface area contributed by atoms with Gasteiger partial charge in [-0.25, -0.2) is 0 Å². The maximum absolute atomic E-state index is 9.81. The molecule has 3 heteroatoms. The van der Waals surface area contributed by atoms with Crippen molar-refractivity contribution in [2.75, 3.05) is 0 Å². The lowest BCUT2D eigenvalue weighted by molar-refractivity contribution is -0.136. The lowest BCUT2D eigenvalue weighted by atomic mass is 9.85. The Morgan fingerprint density at radius 1 is 2.00 bits per heavy atom. The van der Waals surface area contributed by atoms with E-state index in [0.29, 0.717) is 6.42 Å². The predicted octanol–water partition coefficient (Wildman–Crippen LogP) is 0.438. The van der Waals surface area contributed by atoms with Gasteiger partial charge in [-0.2, -0.15) is 0 Å². The Bertz CT molecular complexity index is 72.1. The Labute approximate surface area is 43.9 Å². The maximum atomic E-state index is 9.81. The van der Waals surface area contributed by atoms with E-state index in [4.69, 9.17) is 13.0 Å². The van der Waals surface area contributed by atoms with Crippen molar-refractivity contribution in [3.8, 4) is 0 Å². The van der Waals surface area contributed by atoms with Crippen LogP contribution in [0.4, 0.5) is 0 Å². The number of aliphatic carboxylic acids is 1. The summed E-state index contributed by atoms with van der Waals surface area (Å²) in [5.41, 5.74) is 0. The van der Waals surface area contributed by atoms with Crippen LogP contribution >= 0.6 is 0 Å². The van der Waals surface area contributed by atoms with Crippen molar-refractivity contribution in [2.45, 2.75) is 19.2 Å². The van der Waals surface area contributed by atoms with Crippen LogP contribution in [0.25, 0.3) is 0 Å². The van der Waals surface area contributed by atoms with Gasteiger partial charge < -0.3 is 5.11 Å². The molecule has 2 radical (unpaired) electrons. The Balaban J connectivity index is 3.34. The Morgan fingerprint density at radius 3 is 2.43 bits per heavy atom. The molecule has 0 aromatic rings. The highest BCUT2D eigenvalue weighted by atomic mass is 16.4. The zero-order valence-electron chi connectivity index (χ0n) is 4.22. The van der Waals surface area contributed by atoms with Crippen molar-refractivity contribution in [1.82, 2.24) is 0 Å². The van der Waals surface area contributed by atoms with Crippen LogP contribution < -0.4 is 0 Å². The average Bonchev–Trinajstić information content (AvgIpc) is 1.65. The van der Waals surface area contributed by atoms with Crippen LogP contribution in [0, 0.1) is 0 Å². The summed E-state index contributed by atoms with van der Waals surface area (Å²) in [5.74, 6) is -1.61. The topological polar surface area (TPSA) is 37.3 Å². The summed E-state index contributed by atoms with van der Waals surface area (Å²) in [6.07, 6.45) is 0.495. The van der Waals surface area contributed by atoms with Gasteiger partial charge in [0.15, 0.2) is 0 Å². The third-order valence-electron chi connectivity index (χ3n) is 0.757. The van der Waals surface area contributed by atoms with Gasteiger partial charge in [0.25, 0.3) is 5.97 Å². The number of rotatable bonds is 2. The summed E-state index contributed by atoms with van der Waals surface area (Å²) in [6.45, 7) is 1.73. The monoisotopic (exact) mass is 98.1 g/mol. The van der Waals surface area contributed by atoms with Crippen LogP contribution in [0.1, 0.15) is 13.3 Å². The van der Waals surface area contributed by atoms with E-state index < -0.39 is 11.8 Å². The number of hydrogen-bond acceptors (Lipinski definition) is 1. The minimum absolute atomic E-state index is 0.495. The third kappa shape index (κ3) is 2.26. The number of carbonyl (C=O) groups is 1. The molecular formula is C4H7BO2. The van der Waals surface area contributed by atoms with Gasteiger partial charge in [0.05, 0.1) is 7.85 Å². The molecule has 0 saturated carbocycles. The molecule has 0 fully saturated rings. The Hall–Kier alpha value is -0.465. The molecule has 2 nitrogen and oxygen atoms in total. The Morgan fingerprint density at radius 2 is 2.43 bits per heavy atom. The van der Waals surface area contributed by atoms with Crippen LogP contribution in [-0.4, -0.2) is 18.9 Å². The van der Waals surface area contributed by atoms with Gasteiger partial charge in [0, 0.05) is 5.82 Å². The lowest BCUT2D eigenvalue weighted by Gasteiger charge is -1.96. The predicted molar refractivity (Wildman–Crippen MR) is 27.4 cm³/mol. The molecule has 0 unspecified atom stereocenters.